The molecule has 1 atom stereocenters. The number of benzene rings is 1. The summed E-state index contributed by atoms with van der Waals surface area (Å²) in [5, 5.41) is 0. The van der Waals surface area contributed by atoms with Crippen LogP contribution in [-0.2, 0) is 14.9 Å². The van der Waals surface area contributed by atoms with Crippen molar-refractivity contribution in [3.63, 3.8) is 0 Å². The van der Waals surface area contributed by atoms with Crippen LogP contribution in [0.1, 0.15) is 37.7 Å². The quantitative estimate of drug-likeness (QED) is 0.827. The summed E-state index contributed by atoms with van der Waals surface area (Å²) in [6, 6.07) is 4.00. The van der Waals surface area contributed by atoms with Crippen LogP contribution in [0.5, 0.6) is 0 Å². The SMILES string of the molecule is O=C(N1CCC(N2CCCC2)C1)C1(c2ccc(F)cc2F)CCOCC1. The van der Waals surface area contributed by atoms with Crippen molar-refractivity contribution < 1.29 is 18.3 Å². The Morgan fingerprint density at radius 2 is 1.85 bits per heavy atom. The molecule has 26 heavy (non-hydrogen) atoms. The van der Waals surface area contributed by atoms with E-state index in [1.54, 1.807) is 0 Å². The monoisotopic (exact) mass is 364 g/mol. The fraction of sp³-hybridized carbons (Fsp3) is 0.650. The number of amides is 1. The lowest BCUT2D eigenvalue weighted by Crippen LogP contribution is -2.50. The molecule has 0 aromatic heterocycles. The van der Waals surface area contributed by atoms with E-state index in [0.717, 1.165) is 25.6 Å². The molecule has 1 unspecified atom stereocenters. The molecule has 0 N–H and O–H groups in total. The van der Waals surface area contributed by atoms with E-state index in [0.29, 0.717) is 50.8 Å². The van der Waals surface area contributed by atoms with Gasteiger partial charge in [0.25, 0.3) is 0 Å². The molecule has 0 bridgehead atoms. The van der Waals surface area contributed by atoms with Gasteiger partial charge in [-0.3, -0.25) is 9.69 Å². The first-order valence-electron chi connectivity index (χ1n) is 9.67. The molecule has 3 aliphatic heterocycles. The molecule has 4 nitrogen and oxygen atoms in total. The Morgan fingerprint density at radius 1 is 1.12 bits per heavy atom. The molecule has 0 aliphatic carbocycles. The summed E-state index contributed by atoms with van der Waals surface area (Å²) in [6.07, 6.45) is 4.32. The zero-order chi connectivity index (χ0) is 18.1. The van der Waals surface area contributed by atoms with Crippen LogP contribution in [0.3, 0.4) is 0 Å². The second kappa shape index (κ2) is 7.24. The maximum atomic E-state index is 14.6. The average molecular weight is 364 g/mol. The molecule has 3 heterocycles. The van der Waals surface area contributed by atoms with Gasteiger partial charge < -0.3 is 9.64 Å². The van der Waals surface area contributed by atoms with Crippen LogP contribution in [0.15, 0.2) is 18.2 Å². The molecule has 0 saturated carbocycles. The van der Waals surface area contributed by atoms with Gasteiger partial charge in [0.1, 0.15) is 11.6 Å². The molecule has 142 valence electrons. The van der Waals surface area contributed by atoms with Gasteiger partial charge in [-0.25, -0.2) is 8.78 Å². The Morgan fingerprint density at radius 3 is 2.54 bits per heavy atom. The highest BCUT2D eigenvalue weighted by molar-refractivity contribution is 5.88. The predicted octanol–water partition coefficient (Wildman–Crippen LogP) is 2.71. The second-order valence-corrected chi connectivity index (χ2v) is 7.76. The lowest BCUT2D eigenvalue weighted by molar-refractivity contribution is -0.140. The van der Waals surface area contributed by atoms with E-state index in [-0.39, 0.29) is 5.91 Å². The van der Waals surface area contributed by atoms with E-state index in [2.05, 4.69) is 4.90 Å². The molecule has 3 aliphatic rings. The van der Waals surface area contributed by atoms with Gasteiger partial charge in [0.15, 0.2) is 0 Å². The summed E-state index contributed by atoms with van der Waals surface area (Å²) in [6.45, 7) is 4.49. The largest absolute Gasteiger partial charge is 0.381 e. The van der Waals surface area contributed by atoms with Crippen molar-refractivity contribution in [1.29, 1.82) is 0 Å². The van der Waals surface area contributed by atoms with Crippen LogP contribution in [-0.4, -0.2) is 61.1 Å². The predicted molar refractivity (Wildman–Crippen MR) is 93.9 cm³/mol. The maximum absolute atomic E-state index is 14.6. The summed E-state index contributed by atoms with van der Waals surface area (Å²) in [7, 11) is 0. The van der Waals surface area contributed by atoms with Crippen molar-refractivity contribution in [2.45, 2.75) is 43.6 Å². The number of halogens is 2. The van der Waals surface area contributed by atoms with Gasteiger partial charge in [0, 0.05) is 44.0 Å². The van der Waals surface area contributed by atoms with E-state index in [4.69, 9.17) is 4.74 Å². The number of nitrogens with zero attached hydrogens (tertiary/aromatic N) is 2. The Labute approximate surface area is 153 Å². The van der Waals surface area contributed by atoms with E-state index < -0.39 is 17.0 Å². The second-order valence-electron chi connectivity index (χ2n) is 7.76. The lowest BCUT2D eigenvalue weighted by atomic mass is 9.72. The minimum atomic E-state index is -0.935. The number of hydrogen-bond donors (Lipinski definition) is 0. The first-order chi connectivity index (χ1) is 12.6. The molecule has 0 radical (unpaired) electrons. The number of likely N-dealkylation sites (tertiary alicyclic amines) is 2. The van der Waals surface area contributed by atoms with Crippen LogP contribution >= 0.6 is 0 Å². The summed E-state index contributed by atoms with van der Waals surface area (Å²) in [5.41, 5.74) is -0.618. The average Bonchev–Trinajstić information content (AvgIpc) is 3.33. The van der Waals surface area contributed by atoms with E-state index in [9.17, 15) is 13.6 Å². The minimum absolute atomic E-state index is 0.0204. The van der Waals surface area contributed by atoms with Gasteiger partial charge in [-0.15, -0.1) is 0 Å². The van der Waals surface area contributed by atoms with Gasteiger partial charge in [0.05, 0.1) is 5.41 Å². The van der Waals surface area contributed by atoms with Crippen LogP contribution in [0, 0.1) is 11.6 Å². The van der Waals surface area contributed by atoms with Crippen molar-refractivity contribution in [3.8, 4) is 0 Å². The summed E-state index contributed by atoms with van der Waals surface area (Å²) >= 11 is 0. The van der Waals surface area contributed by atoms with Crippen LogP contribution < -0.4 is 0 Å². The van der Waals surface area contributed by atoms with Gasteiger partial charge in [-0.2, -0.15) is 0 Å². The highest BCUT2D eigenvalue weighted by atomic mass is 19.1. The van der Waals surface area contributed by atoms with Gasteiger partial charge >= 0.3 is 0 Å². The van der Waals surface area contributed by atoms with E-state index >= 15 is 0 Å². The van der Waals surface area contributed by atoms with Gasteiger partial charge in [-0.1, -0.05) is 6.07 Å². The molecule has 6 heteroatoms. The third-order valence-electron chi connectivity index (χ3n) is 6.31. The molecular weight excluding hydrogens is 338 g/mol. The molecule has 3 saturated heterocycles. The summed E-state index contributed by atoms with van der Waals surface area (Å²) in [4.78, 5) is 17.9. The van der Waals surface area contributed by atoms with Crippen molar-refractivity contribution >= 4 is 5.91 Å². The number of carbonyl (C=O) groups is 1. The molecule has 1 aromatic carbocycles. The molecule has 0 spiro atoms. The zero-order valence-electron chi connectivity index (χ0n) is 15.1. The maximum Gasteiger partial charge on any atom is 0.233 e. The molecule has 4 rings (SSSR count). The van der Waals surface area contributed by atoms with E-state index in [1.165, 1.54) is 25.0 Å². The van der Waals surface area contributed by atoms with Crippen LogP contribution in [0.25, 0.3) is 0 Å². The molecular formula is C20H26F2N2O2. The normalized spacial score (nSPS) is 26.4. The third-order valence-corrected chi connectivity index (χ3v) is 6.31. The smallest absolute Gasteiger partial charge is 0.233 e. The molecule has 1 aromatic rings. The Kier molecular flexibility index (Phi) is 4.97. The van der Waals surface area contributed by atoms with Gasteiger partial charge in [-0.05, 0) is 51.3 Å². The van der Waals surface area contributed by atoms with Crippen molar-refractivity contribution in [2.75, 3.05) is 39.4 Å². The number of ether oxygens (including phenoxy) is 1. The first-order valence-corrected chi connectivity index (χ1v) is 9.67. The zero-order valence-corrected chi connectivity index (χ0v) is 15.1. The van der Waals surface area contributed by atoms with Crippen molar-refractivity contribution in [2.24, 2.45) is 0 Å². The lowest BCUT2D eigenvalue weighted by Gasteiger charge is -2.39. The van der Waals surface area contributed by atoms with E-state index in [1.807, 2.05) is 4.90 Å². The standard InChI is InChI=1S/C20H26F2N2O2/c21-15-3-4-17(18(22)13-15)20(6-11-26-12-7-20)19(25)24-10-5-16(14-24)23-8-1-2-9-23/h3-4,13,16H,1-2,5-12,14H2. The van der Waals surface area contributed by atoms with Crippen molar-refractivity contribution in [3.05, 3.63) is 35.4 Å². The fourth-order valence-corrected chi connectivity index (χ4v) is 4.83. The highest BCUT2D eigenvalue weighted by Crippen LogP contribution is 2.39. The Hall–Kier alpha value is -1.53. The van der Waals surface area contributed by atoms with Gasteiger partial charge in [0.2, 0.25) is 5.91 Å². The number of carbonyl (C=O) groups excluding carboxylic acids is 1. The molecule has 1 amide bonds. The Balaban J connectivity index is 1.59. The molecule has 3 fully saturated rings. The van der Waals surface area contributed by atoms with Crippen LogP contribution in [0.4, 0.5) is 8.78 Å². The van der Waals surface area contributed by atoms with Crippen LogP contribution in [0.2, 0.25) is 0 Å². The minimum Gasteiger partial charge on any atom is -0.381 e. The highest BCUT2D eigenvalue weighted by Gasteiger charge is 2.47. The summed E-state index contributed by atoms with van der Waals surface area (Å²) < 4.78 is 33.4. The Bertz CT molecular complexity index is 670. The summed E-state index contributed by atoms with van der Waals surface area (Å²) in [5.74, 6) is -1.26. The topological polar surface area (TPSA) is 32.8 Å². The first kappa shape index (κ1) is 17.9. The van der Waals surface area contributed by atoms with Crippen molar-refractivity contribution in [1.82, 2.24) is 9.80 Å². The number of rotatable bonds is 3. The third kappa shape index (κ3) is 3.14. The fourth-order valence-electron chi connectivity index (χ4n) is 4.83. The number of hydrogen-bond acceptors (Lipinski definition) is 3.